The van der Waals surface area contributed by atoms with E-state index in [9.17, 15) is 13.9 Å². The molecule has 11 heteroatoms. The average molecular weight is 346 g/mol. The van der Waals surface area contributed by atoms with Crippen molar-refractivity contribution in [3.8, 4) is 0 Å². The molecule has 0 radical (unpaired) electrons. The van der Waals surface area contributed by atoms with Crippen molar-refractivity contribution in [2.24, 2.45) is 5.92 Å². The summed E-state index contributed by atoms with van der Waals surface area (Å²) in [5.41, 5.74) is 0.00274. The van der Waals surface area contributed by atoms with E-state index in [0.29, 0.717) is 0 Å². The van der Waals surface area contributed by atoms with Crippen molar-refractivity contribution in [1.29, 1.82) is 0 Å². The van der Waals surface area contributed by atoms with Crippen molar-refractivity contribution in [2.75, 3.05) is 32.1 Å². The first kappa shape index (κ1) is 20.5. The van der Waals surface area contributed by atoms with Crippen molar-refractivity contribution in [3.05, 3.63) is 12.2 Å². The Kier molecular flexibility index (Phi) is 8.58. The number of carbonyl (C=O) groups is 1. The third kappa shape index (κ3) is 11.8. The van der Waals surface area contributed by atoms with Crippen LogP contribution in [-0.4, -0.2) is 57.7 Å². The molecule has 0 spiro atoms. The standard InChI is InChI=1S/C10H20O9P2/c1-3-19-10(11)8(2)4-18-5-9(6-20(12,13)14)7-21(15,16)17/h9H,2-7H2,1H3,(H2,12,13,14)(H2,15,16,17). The predicted octanol–water partition coefficient (Wildman–Crippen LogP) is 0.0939. The Bertz CT molecular complexity index is 425. The van der Waals surface area contributed by atoms with Crippen molar-refractivity contribution in [2.45, 2.75) is 6.92 Å². The molecule has 0 aliphatic carbocycles. The van der Waals surface area contributed by atoms with Crippen LogP contribution in [0.15, 0.2) is 12.2 Å². The summed E-state index contributed by atoms with van der Waals surface area (Å²) >= 11 is 0. The minimum atomic E-state index is -4.44. The number of rotatable bonds is 10. The number of ether oxygens (including phenoxy) is 2. The molecule has 0 amide bonds. The molecule has 0 saturated carbocycles. The molecule has 9 nitrogen and oxygen atoms in total. The molecule has 0 aliphatic heterocycles. The van der Waals surface area contributed by atoms with Gasteiger partial charge in [0.2, 0.25) is 0 Å². The summed E-state index contributed by atoms with van der Waals surface area (Å²) in [7, 11) is -8.88. The van der Waals surface area contributed by atoms with Gasteiger partial charge in [-0.1, -0.05) is 6.58 Å². The average Bonchev–Trinajstić information content (AvgIpc) is 2.24. The number of hydrogen-bond acceptors (Lipinski definition) is 5. The van der Waals surface area contributed by atoms with Gasteiger partial charge in [0.1, 0.15) is 0 Å². The van der Waals surface area contributed by atoms with Crippen LogP contribution in [0.2, 0.25) is 0 Å². The van der Waals surface area contributed by atoms with Gasteiger partial charge in [0, 0.05) is 5.92 Å². The SMILES string of the molecule is C=C(COCC(CP(=O)(O)O)CP(=O)(O)O)C(=O)OCC. The van der Waals surface area contributed by atoms with Gasteiger partial charge in [-0.3, -0.25) is 9.13 Å². The van der Waals surface area contributed by atoms with Crippen LogP contribution < -0.4 is 0 Å². The van der Waals surface area contributed by atoms with Gasteiger partial charge >= 0.3 is 21.2 Å². The highest BCUT2D eigenvalue weighted by Crippen LogP contribution is 2.43. The van der Waals surface area contributed by atoms with Gasteiger partial charge < -0.3 is 29.0 Å². The van der Waals surface area contributed by atoms with Gasteiger partial charge in [-0.05, 0) is 6.92 Å². The van der Waals surface area contributed by atoms with E-state index in [-0.39, 0.29) is 25.4 Å². The van der Waals surface area contributed by atoms with E-state index in [1.54, 1.807) is 6.92 Å². The van der Waals surface area contributed by atoms with Gasteiger partial charge in [-0.15, -0.1) is 0 Å². The fourth-order valence-electron chi connectivity index (χ4n) is 1.48. The summed E-state index contributed by atoms with van der Waals surface area (Å²) in [5.74, 6) is -1.71. The van der Waals surface area contributed by atoms with Crippen LogP contribution in [0.4, 0.5) is 0 Å². The van der Waals surface area contributed by atoms with Crippen LogP contribution in [0.1, 0.15) is 6.92 Å². The van der Waals surface area contributed by atoms with Crippen molar-refractivity contribution < 1.29 is 43.0 Å². The lowest BCUT2D eigenvalue weighted by molar-refractivity contribution is -0.139. The van der Waals surface area contributed by atoms with Gasteiger partial charge in [-0.25, -0.2) is 4.79 Å². The lowest BCUT2D eigenvalue weighted by Crippen LogP contribution is -2.21. The van der Waals surface area contributed by atoms with Gasteiger partial charge in [0.15, 0.2) is 0 Å². The van der Waals surface area contributed by atoms with E-state index in [1.165, 1.54) is 0 Å². The van der Waals surface area contributed by atoms with Crippen LogP contribution >= 0.6 is 15.2 Å². The van der Waals surface area contributed by atoms with E-state index in [4.69, 9.17) is 24.3 Å². The minimum absolute atomic E-state index is 0.00274. The maximum absolute atomic E-state index is 11.2. The Morgan fingerprint density at radius 1 is 1.14 bits per heavy atom. The Morgan fingerprint density at radius 2 is 1.62 bits per heavy atom. The molecule has 0 aromatic rings. The summed E-state index contributed by atoms with van der Waals surface area (Å²) in [4.78, 5) is 46.7. The smallest absolute Gasteiger partial charge is 0.335 e. The van der Waals surface area contributed by atoms with Crippen molar-refractivity contribution in [1.82, 2.24) is 0 Å². The van der Waals surface area contributed by atoms with E-state index < -0.39 is 39.4 Å². The summed E-state index contributed by atoms with van der Waals surface area (Å²) < 4.78 is 31.5. The van der Waals surface area contributed by atoms with Gasteiger partial charge in [-0.2, -0.15) is 0 Å². The summed E-state index contributed by atoms with van der Waals surface area (Å²) in [6, 6.07) is 0. The van der Waals surface area contributed by atoms with Gasteiger partial charge in [0.25, 0.3) is 0 Å². The Balaban J connectivity index is 4.42. The molecule has 0 bridgehead atoms. The zero-order chi connectivity index (χ0) is 16.7. The van der Waals surface area contributed by atoms with Gasteiger partial charge in [0.05, 0.1) is 37.7 Å². The molecule has 0 heterocycles. The summed E-state index contributed by atoms with van der Waals surface area (Å²) in [6.07, 6.45) is -1.44. The van der Waals surface area contributed by atoms with E-state index in [0.717, 1.165) is 0 Å². The fraction of sp³-hybridized carbons (Fsp3) is 0.700. The second-order valence-corrected chi connectivity index (χ2v) is 7.79. The molecule has 0 fully saturated rings. The van der Waals surface area contributed by atoms with Crippen molar-refractivity contribution >= 4 is 21.2 Å². The molecule has 0 unspecified atom stereocenters. The molecule has 21 heavy (non-hydrogen) atoms. The molecule has 0 atom stereocenters. The minimum Gasteiger partial charge on any atom is -0.463 e. The lowest BCUT2D eigenvalue weighted by atomic mass is 10.2. The molecule has 0 rings (SSSR count). The summed E-state index contributed by atoms with van der Waals surface area (Å²) in [6.45, 7) is 4.61. The molecular weight excluding hydrogens is 326 g/mol. The second-order valence-electron chi connectivity index (χ2n) is 4.40. The monoisotopic (exact) mass is 346 g/mol. The zero-order valence-electron chi connectivity index (χ0n) is 11.5. The molecule has 124 valence electrons. The highest BCUT2D eigenvalue weighted by Gasteiger charge is 2.28. The van der Waals surface area contributed by atoms with E-state index in [2.05, 4.69) is 11.3 Å². The Morgan fingerprint density at radius 3 is 2.00 bits per heavy atom. The quantitative estimate of drug-likeness (QED) is 0.245. The zero-order valence-corrected chi connectivity index (χ0v) is 13.3. The molecule has 4 N–H and O–H groups in total. The molecular formula is C10H20O9P2. The maximum Gasteiger partial charge on any atom is 0.335 e. The Hall–Kier alpha value is -0.530. The number of hydrogen-bond donors (Lipinski definition) is 4. The predicted molar refractivity (Wildman–Crippen MR) is 73.9 cm³/mol. The maximum atomic E-state index is 11.2. The first-order chi connectivity index (χ1) is 9.44. The lowest BCUT2D eigenvalue weighted by Gasteiger charge is -2.18. The third-order valence-electron chi connectivity index (χ3n) is 2.19. The third-order valence-corrected chi connectivity index (χ3v) is 4.17. The summed E-state index contributed by atoms with van der Waals surface area (Å²) in [5, 5.41) is 0. The second kappa shape index (κ2) is 8.80. The first-order valence-corrected chi connectivity index (χ1v) is 9.56. The Labute approximate surface area is 122 Å². The molecule has 0 aromatic carbocycles. The molecule has 0 saturated heterocycles. The van der Waals surface area contributed by atoms with Crippen LogP contribution in [0.25, 0.3) is 0 Å². The first-order valence-electron chi connectivity index (χ1n) is 5.96. The van der Waals surface area contributed by atoms with Crippen LogP contribution in [0, 0.1) is 5.92 Å². The highest BCUT2D eigenvalue weighted by atomic mass is 31.2. The van der Waals surface area contributed by atoms with Crippen LogP contribution in [0.3, 0.4) is 0 Å². The van der Waals surface area contributed by atoms with Crippen LogP contribution in [-0.2, 0) is 23.4 Å². The largest absolute Gasteiger partial charge is 0.463 e. The van der Waals surface area contributed by atoms with Crippen LogP contribution in [0.5, 0.6) is 0 Å². The highest BCUT2D eigenvalue weighted by molar-refractivity contribution is 7.52. The molecule has 0 aromatic heterocycles. The van der Waals surface area contributed by atoms with E-state index >= 15 is 0 Å². The normalized spacial score (nSPS) is 12.5. The number of carbonyl (C=O) groups excluding carboxylic acids is 1. The van der Waals surface area contributed by atoms with Crippen molar-refractivity contribution in [3.63, 3.8) is 0 Å². The number of esters is 1. The topological polar surface area (TPSA) is 151 Å². The fourth-order valence-corrected chi connectivity index (χ4v) is 3.49. The van der Waals surface area contributed by atoms with E-state index in [1.807, 2.05) is 0 Å². The molecule has 0 aliphatic rings.